The lowest BCUT2D eigenvalue weighted by molar-refractivity contribution is 0.0967. The summed E-state index contributed by atoms with van der Waals surface area (Å²) in [5, 5.41) is 6.17. The summed E-state index contributed by atoms with van der Waals surface area (Å²) >= 11 is 1.14. The average Bonchev–Trinajstić information content (AvgIpc) is 2.65. The maximum absolute atomic E-state index is 11.6. The van der Waals surface area contributed by atoms with E-state index in [0.717, 1.165) is 17.8 Å². The Hall–Kier alpha value is -1.76. The summed E-state index contributed by atoms with van der Waals surface area (Å²) in [7, 11) is 1.51. The molecule has 1 aromatic heterocycles. The second-order valence-electron chi connectivity index (χ2n) is 3.95. The van der Waals surface area contributed by atoms with Crippen LogP contribution in [0.25, 0.3) is 0 Å². The van der Waals surface area contributed by atoms with Crippen molar-refractivity contribution in [2.45, 2.75) is 26.3 Å². The Morgan fingerprint density at radius 2 is 2.06 bits per heavy atom. The third-order valence-corrected chi connectivity index (χ3v) is 3.75. The molecule has 7 heteroatoms. The lowest BCUT2D eigenvalue weighted by Crippen LogP contribution is -2.20. The predicted molar refractivity (Wildman–Crippen MR) is 74.0 cm³/mol. The highest BCUT2D eigenvalue weighted by Crippen LogP contribution is 2.35. The number of thiophene rings is 1. The van der Waals surface area contributed by atoms with Crippen molar-refractivity contribution < 1.29 is 9.59 Å². The number of carbonyl (C=O) groups is 2. The van der Waals surface area contributed by atoms with Crippen LogP contribution in [0.4, 0.5) is 10.7 Å². The quantitative estimate of drug-likeness (QED) is 0.639. The van der Waals surface area contributed by atoms with Crippen molar-refractivity contribution in [1.29, 1.82) is 0 Å². The number of amides is 2. The van der Waals surface area contributed by atoms with E-state index in [4.69, 9.17) is 11.5 Å². The lowest BCUT2D eigenvalue weighted by Gasteiger charge is -2.11. The zero-order chi connectivity index (χ0) is 13.9. The molecular formula is C11H18N4O2S. The largest absolute Gasteiger partial charge is 0.397 e. The van der Waals surface area contributed by atoms with E-state index >= 15 is 0 Å². The third-order valence-electron chi connectivity index (χ3n) is 2.61. The highest BCUT2D eigenvalue weighted by molar-refractivity contribution is 7.19. The number of hydrogen-bond acceptors (Lipinski definition) is 5. The van der Waals surface area contributed by atoms with E-state index in [1.165, 1.54) is 7.05 Å². The second kappa shape index (κ2) is 5.72. The Balaban J connectivity index is 3.24. The molecule has 0 aliphatic rings. The zero-order valence-electron chi connectivity index (χ0n) is 10.7. The van der Waals surface area contributed by atoms with Gasteiger partial charge in [0, 0.05) is 13.1 Å². The molecule has 0 aliphatic heterocycles. The van der Waals surface area contributed by atoms with Crippen molar-refractivity contribution in [3.63, 3.8) is 0 Å². The number of nitrogen functional groups attached to an aromatic ring is 1. The normalized spacial score (nSPS) is 11.9. The minimum absolute atomic E-state index is 0.137. The van der Waals surface area contributed by atoms with E-state index in [1.54, 1.807) is 0 Å². The maximum atomic E-state index is 11.6. The van der Waals surface area contributed by atoms with Crippen LogP contribution in [0.1, 0.15) is 40.3 Å². The van der Waals surface area contributed by atoms with Crippen molar-refractivity contribution in [3.05, 3.63) is 10.4 Å². The van der Waals surface area contributed by atoms with Crippen LogP contribution in [-0.2, 0) is 0 Å². The maximum Gasteiger partial charge on any atom is 0.263 e. The van der Waals surface area contributed by atoms with Crippen molar-refractivity contribution in [1.82, 2.24) is 5.32 Å². The van der Waals surface area contributed by atoms with Gasteiger partial charge in [0.1, 0.15) is 9.88 Å². The van der Waals surface area contributed by atoms with Crippen LogP contribution in [0.5, 0.6) is 0 Å². The molecule has 0 fully saturated rings. The Labute approximate surface area is 110 Å². The summed E-state index contributed by atoms with van der Waals surface area (Å²) < 4.78 is 0. The molecule has 1 aromatic rings. The molecule has 1 heterocycles. The molecule has 2 amide bonds. The standard InChI is InChI=1S/C11H18N4O2S/c1-4-5(2)15-11-6(9(13)16)7(12)8(18-11)10(17)14-3/h5,15H,4,12H2,1-3H3,(H2,13,16)(H,14,17). The van der Waals surface area contributed by atoms with Gasteiger partial charge in [0.2, 0.25) is 0 Å². The van der Waals surface area contributed by atoms with Gasteiger partial charge in [0.15, 0.2) is 0 Å². The summed E-state index contributed by atoms with van der Waals surface area (Å²) in [5.74, 6) is -0.957. The van der Waals surface area contributed by atoms with E-state index < -0.39 is 5.91 Å². The van der Waals surface area contributed by atoms with Gasteiger partial charge in [-0.1, -0.05) is 6.92 Å². The van der Waals surface area contributed by atoms with Gasteiger partial charge in [-0.15, -0.1) is 11.3 Å². The Morgan fingerprint density at radius 1 is 1.44 bits per heavy atom. The summed E-state index contributed by atoms with van der Waals surface area (Å²) in [6.45, 7) is 3.98. The molecule has 0 radical (unpaired) electrons. The fourth-order valence-corrected chi connectivity index (χ4v) is 2.58. The number of carbonyl (C=O) groups excluding carboxylic acids is 2. The molecule has 0 saturated carbocycles. The summed E-state index contributed by atoms with van der Waals surface area (Å²) in [4.78, 5) is 23.3. The van der Waals surface area contributed by atoms with E-state index in [9.17, 15) is 9.59 Å². The molecule has 0 saturated heterocycles. The SMILES string of the molecule is CCC(C)Nc1sc(C(=O)NC)c(N)c1C(N)=O. The summed E-state index contributed by atoms with van der Waals surface area (Å²) in [6.07, 6.45) is 0.880. The Kier molecular flexibility index (Phi) is 4.55. The molecule has 0 aromatic carbocycles. The zero-order valence-corrected chi connectivity index (χ0v) is 11.5. The van der Waals surface area contributed by atoms with Gasteiger partial charge >= 0.3 is 0 Å². The first kappa shape index (κ1) is 14.3. The van der Waals surface area contributed by atoms with Gasteiger partial charge in [-0.2, -0.15) is 0 Å². The first-order chi connectivity index (χ1) is 8.42. The molecule has 0 aliphatic carbocycles. The number of primary amides is 1. The average molecular weight is 270 g/mol. The molecular weight excluding hydrogens is 252 g/mol. The monoisotopic (exact) mass is 270 g/mol. The highest BCUT2D eigenvalue weighted by atomic mass is 32.1. The Bertz CT molecular complexity index is 470. The van der Waals surface area contributed by atoms with E-state index in [0.29, 0.717) is 9.88 Å². The number of nitrogens with one attached hydrogen (secondary N) is 2. The first-order valence-corrected chi connectivity index (χ1v) is 6.44. The number of rotatable bonds is 5. The van der Waals surface area contributed by atoms with E-state index in [1.807, 2.05) is 13.8 Å². The summed E-state index contributed by atoms with van der Waals surface area (Å²) in [6, 6.07) is 0.165. The van der Waals surface area contributed by atoms with Crippen molar-refractivity contribution in [2.24, 2.45) is 5.73 Å². The lowest BCUT2D eigenvalue weighted by atomic mass is 10.2. The van der Waals surface area contributed by atoms with Gasteiger partial charge in [-0.05, 0) is 13.3 Å². The first-order valence-electron chi connectivity index (χ1n) is 5.63. The van der Waals surface area contributed by atoms with Gasteiger partial charge < -0.3 is 22.1 Å². The third kappa shape index (κ3) is 2.73. The van der Waals surface area contributed by atoms with Gasteiger partial charge in [0.05, 0.1) is 11.3 Å². The second-order valence-corrected chi connectivity index (χ2v) is 4.97. The van der Waals surface area contributed by atoms with Crippen molar-refractivity contribution in [3.8, 4) is 0 Å². The van der Waals surface area contributed by atoms with Crippen molar-refractivity contribution in [2.75, 3.05) is 18.1 Å². The molecule has 1 unspecified atom stereocenters. The molecule has 0 bridgehead atoms. The van der Waals surface area contributed by atoms with Crippen LogP contribution >= 0.6 is 11.3 Å². The van der Waals surface area contributed by atoms with Crippen molar-refractivity contribution >= 4 is 33.8 Å². The number of hydrogen-bond donors (Lipinski definition) is 4. The van der Waals surface area contributed by atoms with Gasteiger partial charge in [-0.3, -0.25) is 9.59 Å². The molecule has 18 heavy (non-hydrogen) atoms. The molecule has 1 rings (SSSR count). The van der Waals surface area contributed by atoms with Crippen LogP contribution in [0.2, 0.25) is 0 Å². The smallest absolute Gasteiger partial charge is 0.263 e. The minimum atomic E-state index is -0.635. The van der Waals surface area contributed by atoms with Crippen LogP contribution < -0.4 is 22.1 Å². The van der Waals surface area contributed by atoms with E-state index in [2.05, 4.69) is 10.6 Å². The molecule has 6 nitrogen and oxygen atoms in total. The molecule has 0 spiro atoms. The van der Waals surface area contributed by atoms with Crippen LogP contribution in [-0.4, -0.2) is 24.9 Å². The predicted octanol–water partition coefficient (Wildman–Crippen LogP) is 0.999. The fraction of sp³-hybridized carbons (Fsp3) is 0.455. The van der Waals surface area contributed by atoms with Gasteiger partial charge in [-0.25, -0.2) is 0 Å². The van der Waals surface area contributed by atoms with E-state index in [-0.39, 0.29) is 23.2 Å². The van der Waals surface area contributed by atoms with Gasteiger partial charge in [0.25, 0.3) is 11.8 Å². The number of nitrogens with two attached hydrogens (primary N) is 2. The molecule has 6 N–H and O–H groups in total. The minimum Gasteiger partial charge on any atom is -0.397 e. The fourth-order valence-electron chi connectivity index (χ4n) is 1.40. The number of anilines is 2. The summed E-state index contributed by atoms with van der Waals surface area (Å²) in [5.41, 5.74) is 11.4. The van der Waals surface area contributed by atoms with Crippen LogP contribution in [0.3, 0.4) is 0 Å². The highest BCUT2D eigenvalue weighted by Gasteiger charge is 2.24. The molecule has 100 valence electrons. The topological polar surface area (TPSA) is 110 Å². The van der Waals surface area contributed by atoms with Crippen LogP contribution in [0, 0.1) is 0 Å². The van der Waals surface area contributed by atoms with Crippen LogP contribution in [0.15, 0.2) is 0 Å². The Morgan fingerprint density at radius 3 is 2.50 bits per heavy atom. The molecule has 1 atom stereocenters.